The lowest BCUT2D eigenvalue weighted by Crippen LogP contribution is -2.43. The smallest absolute Gasteiger partial charge is 0.338 e. The minimum Gasteiger partial charge on any atom is -0.478 e. The molecule has 7 nitrogen and oxygen atoms in total. The molecule has 0 spiro atoms. The fraction of sp³-hybridized carbons (Fsp3) is 0.400. The molecule has 1 aromatic rings. The van der Waals surface area contributed by atoms with Crippen LogP contribution in [0.2, 0.25) is 0 Å². The number of furan rings is 1. The molecule has 1 fully saturated rings. The van der Waals surface area contributed by atoms with Crippen LogP contribution in [0.5, 0.6) is 0 Å². The zero-order chi connectivity index (χ0) is 13.3. The zero-order valence-corrected chi connectivity index (χ0v) is 10.1. The van der Waals surface area contributed by atoms with Crippen molar-refractivity contribution >= 4 is 21.7 Å². The molecule has 8 heteroatoms. The number of aromatic carboxylic acids is 1. The van der Waals surface area contributed by atoms with Crippen LogP contribution >= 0.6 is 0 Å². The second kappa shape index (κ2) is 4.45. The highest BCUT2D eigenvalue weighted by Gasteiger charge is 2.27. The van der Waals surface area contributed by atoms with Crippen molar-refractivity contribution in [2.24, 2.45) is 0 Å². The van der Waals surface area contributed by atoms with Gasteiger partial charge in [-0.05, 0) is 0 Å². The number of sulfone groups is 1. The number of carboxylic acids is 1. The van der Waals surface area contributed by atoms with E-state index in [0.717, 1.165) is 12.3 Å². The van der Waals surface area contributed by atoms with Crippen LogP contribution in [0.4, 0.5) is 0 Å². The van der Waals surface area contributed by atoms with Crippen molar-refractivity contribution in [2.75, 3.05) is 24.6 Å². The second-order valence-corrected chi connectivity index (χ2v) is 6.25. The number of carboxylic acid groups (broad SMARTS) is 1. The minimum atomic E-state index is -3.06. The van der Waals surface area contributed by atoms with E-state index in [9.17, 15) is 18.0 Å². The quantitative estimate of drug-likeness (QED) is 0.803. The number of hydrogen-bond donors (Lipinski definition) is 1. The summed E-state index contributed by atoms with van der Waals surface area (Å²) in [6.07, 6.45) is 0.982. The minimum absolute atomic E-state index is 0.0781. The number of nitrogens with zero attached hydrogens (tertiary/aromatic N) is 1. The highest BCUT2D eigenvalue weighted by molar-refractivity contribution is 7.91. The molecular formula is C10H11NO6S. The van der Waals surface area contributed by atoms with Crippen LogP contribution < -0.4 is 0 Å². The maximum atomic E-state index is 11.9. The van der Waals surface area contributed by atoms with Gasteiger partial charge in [0.15, 0.2) is 15.6 Å². The molecule has 0 atom stereocenters. The summed E-state index contributed by atoms with van der Waals surface area (Å²) >= 11 is 0. The van der Waals surface area contributed by atoms with Crippen molar-refractivity contribution in [1.29, 1.82) is 0 Å². The molecule has 0 aromatic carbocycles. The van der Waals surface area contributed by atoms with E-state index in [1.807, 2.05) is 0 Å². The molecule has 0 saturated carbocycles. The van der Waals surface area contributed by atoms with E-state index in [1.54, 1.807) is 0 Å². The lowest BCUT2D eigenvalue weighted by molar-refractivity contribution is 0.0694. The van der Waals surface area contributed by atoms with Crippen molar-refractivity contribution in [3.05, 3.63) is 23.7 Å². The van der Waals surface area contributed by atoms with Crippen molar-refractivity contribution < 1.29 is 27.5 Å². The molecule has 18 heavy (non-hydrogen) atoms. The first kappa shape index (κ1) is 12.6. The molecule has 1 amide bonds. The van der Waals surface area contributed by atoms with Gasteiger partial charge in [-0.3, -0.25) is 4.79 Å². The fourth-order valence-electron chi connectivity index (χ4n) is 1.63. The van der Waals surface area contributed by atoms with E-state index in [2.05, 4.69) is 0 Å². The van der Waals surface area contributed by atoms with Crippen molar-refractivity contribution in [2.45, 2.75) is 0 Å². The Morgan fingerprint density at radius 1 is 1.28 bits per heavy atom. The standard InChI is InChI=1S/C10H11NO6S/c12-9(8-5-7(6-17-8)10(13)14)11-1-3-18(15,16)4-2-11/h5-6H,1-4H2,(H,13,14). The number of rotatable bonds is 2. The van der Waals surface area contributed by atoms with E-state index < -0.39 is 21.7 Å². The third-order valence-electron chi connectivity index (χ3n) is 2.69. The molecule has 2 rings (SSSR count). The molecular weight excluding hydrogens is 262 g/mol. The zero-order valence-electron chi connectivity index (χ0n) is 9.33. The number of carbonyl (C=O) groups excluding carboxylic acids is 1. The largest absolute Gasteiger partial charge is 0.478 e. The van der Waals surface area contributed by atoms with Gasteiger partial charge in [0.1, 0.15) is 6.26 Å². The topological polar surface area (TPSA) is 105 Å². The summed E-state index contributed by atoms with van der Waals surface area (Å²) < 4.78 is 27.3. The maximum Gasteiger partial charge on any atom is 0.338 e. The molecule has 2 heterocycles. The van der Waals surface area contributed by atoms with Gasteiger partial charge in [0.2, 0.25) is 0 Å². The van der Waals surface area contributed by atoms with E-state index in [-0.39, 0.29) is 35.9 Å². The van der Waals surface area contributed by atoms with Crippen molar-refractivity contribution in [3.8, 4) is 0 Å². The van der Waals surface area contributed by atoms with Crippen LogP contribution in [0, 0.1) is 0 Å². The Hall–Kier alpha value is -1.83. The molecule has 1 aliphatic heterocycles. The summed E-state index contributed by atoms with van der Waals surface area (Å²) in [5.74, 6) is -1.92. The van der Waals surface area contributed by atoms with Crippen LogP contribution in [0.25, 0.3) is 0 Å². The van der Waals surface area contributed by atoms with E-state index in [0.29, 0.717) is 0 Å². The van der Waals surface area contributed by atoms with Gasteiger partial charge in [0, 0.05) is 19.2 Å². The second-order valence-electron chi connectivity index (χ2n) is 3.95. The van der Waals surface area contributed by atoms with Gasteiger partial charge in [0.05, 0.1) is 17.1 Å². The molecule has 0 bridgehead atoms. The number of hydrogen-bond acceptors (Lipinski definition) is 5. The van der Waals surface area contributed by atoms with E-state index in [1.165, 1.54) is 4.90 Å². The summed E-state index contributed by atoms with van der Waals surface area (Å²) in [6, 6.07) is 1.13. The molecule has 0 radical (unpaired) electrons. The molecule has 1 N–H and O–H groups in total. The third kappa shape index (κ3) is 2.53. The van der Waals surface area contributed by atoms with Crippen molar-refractivity contribution in [1.82, 2.24) is 4.90 Å². The fourth-order valence-corrected chi connectivity index (χ4v) is 2.83. The molecule has 1 aromatic heterocycles. The van der Waals surface area contributed by atoms with Gasteiger partial charge >= 0.3 is 5.97 Å². The Kier molecular flexibility index (Phi) is 3.12. The van der Waals surface area contributed by atoms with E-state index in [4.69, 9.17) is 9.52 Å². The summed E-state index contributed by atoms with van der Waals surface area (Å²) in [6.45, 7) is 0.203. The predicted molar refractivity (Wildman–Crippen MR) is 60.2 cm³/mol. The van der Waals surface area contributed by atoms with Gasteiger partial charge < -0.3 is 14.4 Å². The predicted octanol–water partition coefficient (Wildman–Crippen LogP) is -0.152. The van der Waals surface area contributed by atoms with Crippen LogP contribution in [0.15, 0.2) is 16.7 Å². The Balaban J connectivity index is 2.10. The average molecular weight is 273 g/mol. The summed E-state index contributed by atoms with van der Waals surface area (Å²) in [5.41, 5.74) is -0.108. The maximum absolute atomic E-state index is 11.9. The van der Waals surface area contributed by atoms with Crippen LogP contribution in [-0.2, 0) is 9.84 Å². The van der Waals surface area contributed by atoms with Gasteiger partial charge in [-0.1, -0.05) is 0 Å². The summed E-state index contributed by atoms with van der Waals surface area (Å²) in [4.78, 5) is 23.9. The Morgan fingerprint density at radius 2 is 1.89 bits per heavy atom. The summed E-state index contributed by atoms with van der Waals surface area (Å²) in [5, 5.41) is 8.69. The summed E-state index contributed by atoms with van der Waals surface area (Å²) in [7, 11) is -3.06. The lowest BCUT2D eigenvalue weighted by Gasteiger charge is -2.25. The van der Waals surface area contributed by atoms with Crippen molar-refractivity contribution in [3.63, 3.8) is 0 Å². The molecule has 1 saturated heterocycles. The van der Waals surface area contributed by atoms with Gasteiger partial charge in [-0.2, -0.15) is 0 Å². The molecule has 0 unspecified atom stereocenters. The number of carbonyl (C=O) groups is 2. The van der Waals surface area contributed by atoms with E-state index >= 15 is 0 Å². The first-order valence-corrected chi connectivity index (χ1v) is 7.03. The highest BCUT2D eigenvalue weighted by atomic mass is 32.2. The Labute approximate surface area is 103 Å². The normalized spacial score (nSPS) is 18.6. The molecule has 0 aliphatic carbocycles. The van der Waals surface area contributed by atoms with Gasteiger partial charge in [0.25, 0.3) is 5.91 Å². The van der Waals surface area contributed by atoms with Crippen LogP contribution in [0.1, 0.15) is 20.9 Å². The first-order chi connectivity index (χ1) is 8.39. The SMILES string of the molecule is O=C(O)c1coc(C(=O)N2CCS(=O)(=O)CC2)c1. The monoisotopic (exact) mass is 273 g/mol. The average Bonchev–Trinajstić information content (AvgIpc) is 2.77. The van der Waals surface area contributed by atoms with Crippen LogP contribution in [0.3, 0.4) is 0 Å². The van der Waals surface area contributed by atoms with Gasteiger partial charge in [-0.25, -0.2) is 13.2 Å². The first-order valence-electron chi connectivity index (χ1n) is 5.20. The number of amides is 1. The molecule has 98 valence electrons. The third-order valence-corrected chi connectivity index (χ3v) is 4.30. The Bertz CT molecular complexity index is 573. The van der Waals surface area contributed by atoms with Gasteiger partial charge in [-0.15, -0.1) is 0 Å². The molecule has 1 aliphatic rings. The Morgan fingerprint density at radius 3 is 2.39 bits per heavy atom. The highest BCUT2D eigenvalue weighted by Crippen LogP contribution is 2.13. The van der Waals surface area contributed by atoms with Crippen LogP contribution in [-0.4, -0.2) is 54.9 Å². The lowest BCUT2D eigenvalue weighted by atomic mass is 10.3.